The van der Waals surface area contributed by atoms with Gasteiger partial charge in [-0.3, -0.25) is 19.3 Å². The summed E-state index contributed by atoms with van der Waals surface area (Å²) in [6, 6.07) is 7.98. The number of carbonyl (C=O) groups excluding carboxylic acids is 3. The number of piperazine rings is 1. The maximum Gasteiger partial charge on any atom is 0.292 e. The maximum absolute atomic E-state index is 13.8. The van der Waals surface area contributed by atoms with Crippen molar-refractivity contribution in [3.63, 3.8) is 0 Å². The summed E-state index contributed by atoms with van der Waals surface area (Å²) in [7, 11) is 0. The number of aromatic amines is 1. The first-order chi connectivity index (χ1) is 17.7. The van der Waals surface area contributed by atoms with Gasteiger partial charge in [0.25, 0.3) is 17.6 Å². The van der Waals surface area contributed by atoms with E-state index in [0.29, 0.717) is 43.8 Å². The van der Waals surface area contributed by atoms with Crippen LogP contribution < -0.4 is 10.1 Å². The Kier molecular flexibility index (Phi) is 7.87. The van der Waals surface area contributed by atoms with E-state index in [4.69, 9.17) is 4.74 Å². The highest BCUT2D eigenvalue weighted by molar-refractivity contribution is 6.44. The van der Waals surface area contributed by atoms with Crippen molar-refractivity contribution in [1.29, 1.82) is 0 Å². The Labute approximate surface area is 215 Å². The molecule has 9 nitrogen and oxygen atoms in total. The molecule has 3 aromatic rings. The first-order valence-corrected chi connectivity index (χ1v) is 12.5. The zero-order chi connectivity index (χ0) is 26.7. The number of halogens is 1. The largest absolute Gasteiger partial charge is 0.477 e. The van der Waals surface area contributed by atoms with Crippen molar-refractivity contribution < 1.29 is 23.5 Å². The number of H-pyrrole nitrogens is 1. The molecule has 0 aliphatic carbocycles. The van der Waals surface area contributed by atoms with Crippen LogP contribution >= 0.6 is 0 Å². The Morgan fingerprint density at radius 2 is 1.84 bits per heavy atom. The predicted molar refractivity (Wildman–Crippen MR) is 137 cm³/mol. The van der Waals surface area contributed by atoms with Crippen LogP contribution in [-0.2, 0) is 11.3 Å². The second-order valence-electron chi connectivity index (χ2n) is 9.27. The van der Waals surface area contributed by atoms with Crippen molar-refractivity contribution in [3.05, 3.63) is 59.0 Å². The smallest absolute Gasteiger partial charge is 0.292 e. The second kappa shape index (κ2) is 11.1. The van der Waals surface area contributed by atoms with Gasteiger partial charge in [0.1, 0.15) is 17.0 Å². The van der Waals surface area contributed by atoms with Gasteiger partial charge in [-0.25, -0.2) is 4.39 Å². The van der Waals surface area contributed by atoms with Crippen LogP contribution in [0.4, 0.5) is 4.39 Å². The van der Waals surface area contributed by atoms with Gasteiger partial charge in [-0.2, -0.15) is 4.98 Å². The average Bonchev–Trinajstić information content (AvgIpc) is 3.29. The molecule has 2 amide bonds. The quantitative estimate of drug-likeness (QED) is 0.357. The van der Waals surface area contributed by atoms with E-state index in [2.05, 4.69) is 27.1 Å². The zero-order valence-electron chi connectivity index (χ0n) is 21.5. The molecular formula is C27H32FN5O4. The number of hydrogen-bond acceptors (Lipinski definition) is 6. The highest BCUT2D eigenvalue weighted by Crippen LogP contribution is 2.28. The van der Waals surface area contributed by atoms with Crippen molar-refractivity contribution in [1.82, 2.24) is 25.1 Å². The van der Waals surface area contributed by atoms with E-state index in [1.54, 1.807) is 36.9 Å². The molecule has 0 saturated carbocycles. The number of amides is 2. The number of likely N-dealkylation sites (N-methyl/N-ethyl adjacent to an activating group) is 1. The summed E-state index contributed by atoms with van der Waals surface area (Å²) in [5.41, 5.74) is 1.75. The van der Waals surface area contributed by atoms with E-state index in [9.17, 15) is 18.8 Å². The van der Waals surface area contributed by atoms with Crippen LogP contribution in [0, 0.1) is 5.82 Å². The van der Waals surface area contributed by atoms with Gasteiger partial charge in [0.2, 0.25) is 5.88 Å². The summed E-state index contributed by atoms with van der Waals surface area (Å²) in [6.07, 6.45) is 1.43. The molecule has 2 atom stereocenters. The minimum atomic E-state index is -0.718. The Hall–Kier alpha value is -3.79. The number of aromatic nitrogens is 2. The maximum atomic E-state index is 13.8. The number of ether oxygens (including phenoxy) is 1. The summed E-state index contributed by atoms with van der Waals surface area (Å²) < 4.78 is 19.0. The van der Waals surface area contributed by atoms with E-state index in [1.807, 2.05) is 6.92 Å². The molecule has 1 aliphatic rings. The molecule has 1 fully saturated rings. The van der Waals surface area contributed by atoms with Crippen molar-refractivity contribution in [2.75, 3.05) is 26.2 Å². The molecule has 10 heteroatoms. The molecule has 0 radical (unpaired) electrons. The van der Waals surface area contributed by atoms with Gasteiger partial charge in [0, 0.05) is 49.8 Å². The molecule has 196 valence electrons. The lowest BCUT2D eigenvalue weighted by Gasteiger charge is -2.44. The number of fused-ring (bicyclic) bond motifs is 1. The molecule has 0 unspecified atom stereocenters. The van der Waals surface area contributed by atoms with Gasteiger partial charge in [0.05, 0.1) is 12.2 Å². The van der Waals surface area contributed by atoms with Crippen LogP contribution in [-0.4, -0.2) is 75.7 Å². The Morgan fingerprint density at radius 3 is 2.51 bits per heavy atom. The zero-order valence-corrected chi connectivity index (χ0v) is 21.5. The summed E-state index contributed by atoms with van der Waals surface area (Å²) in [5.74, 6) is -1.77. The highest BCUT2D eigenvalue weighted by Gasteiger charge is 2.34. The first kappa shape index (κ1) is 26.3. The van der Waals surface area contributed by atoms with Crippen LogP contribution in [0.1, 0.15) is 54.0 Å². The lowest BCUT2D eigenvalue weighted by molar-refractivity contribution is -0.116. The van der Waals surface area contributed by atoms with Gasteiger partial charge in [0.15, 0.2) is 0 Å². The normalized spacial score (nSPS) is 18.1. The molecular weight excluding hydrogens is 477 g/mol. The third-order valence-corrected chi connectivity index (χ3v) is 6.61. The lowest BCUT2D eigenvalue weighted by Crippen LogP contribution is -2.57. The van der Waals surface area contributed by atoms with Crippen LogP contribution in [0.25, 0.3) is 11.0 Å². The number of rotatable bonds is 8. The Morgan fingerprint density at radius 1 is 1.11 bits per heavy atom. The Balaban J connectivity index is 1.61. The summed E-state index contributed by atoms with van der Waals surface area (Å²) in [6.45, 7) is 9.96. The molecule has 37 heavy (non-hydrogen) atoms. The van der Waals surface area contributed by atoms with Crippen molar-refractivity contribution in [2.24, 2.45) is 0 Å². The summed E-state index contributed by atoms with van der Waals surface area (Å²) in [5, 5.41) is 2.90. The third kappa shape index (κ3) is 5.48. The number of nitrogens with zero attached hydrogens (tertiary/aromatic N) is 3. The monoisotopic (exact) mass is 509 g/mol. The fourth-order valence-electron chi connectivity index (χ4n) is 4.66. The van der Waals surface area contributed by atoms with Crippen molar-refractivity contribution in [3.8, 4) is 5.88 Å². The number of Topliss-reactive ketones (excluding diaryl/α,β-unsaturated/α-hetero) is 1. The highest BCUT2D eigenvalue weighted by atomic mass is 19.1. The molecule has 1 saturated heterocycles. The number of hydrogen-bond donors (Lipinski definition) is 2. The minimum Gasteiger partial charge on any atom is -0.477 e. The summed E-state index contributed by atoms with van der Waals surface area (Å²) in [4.78, 5) is 50.1. The van der Waals surface area contributed by atoms with Gasteiger partial charge in [-0.15, -0.1) is 0 Å². The van der Waals surface area contributed by atoms with E-state index in [1.165, 1.54) is 18.3 Å². The predicted octanol–water partition coefficient (Wildman–Crippen LogP) is 3.15. The summed E-state index contributed by atoms with van der Waals surface area (Å²) >= 11 is 0. The molecule has 0 spiro atoms. The van der Waals surface area contributed by atoms with Gasteiger partial charge >= 0.3 is 0 Å². The number of pyridine rings is 1. The fraction of sp³-hybridized carbons (Fsp3) is 0.407. The molecule has 4 rings (SSSR count). The number of benzene rings is 1. The minimum absolute atomic E-state index is 0.0552. The number of ketones is 1. The van der Waals surface area contributed by atoms with Crippen LogP contribution in [0.3, 0.4) is 0 Å². The molecule has 2 aromatic heterocycles. The van der Waals surface area contributed by atoms with E-state index in [-0.39, 0.29) is 40.8 Å². The van der Waals surface area contributed by atoms with Crippen LogP contribution in [0.5, 0.6) is 5.88 Å². The lowest BCUT2D eigenvalue weighted by atomic mass is 10.0. The fourth-order valence-corrected chi connectivity index (χ4v) is 4.66. The van der Waals surface area contributed by atoms with E-state index in [0.717, 1.165) is 5.56 Å². The van der Waals surface area contributed by atoms with Crippen molar-refractivity contribution >= 4 is 28.6 Å². The second-order valence-corrected chi connectivity index (χ2v) is 9.27. The first-order valence-electron chi connectivity index (χ1n) is 12.5. The molecule has 3 heterocycles. The SMILES string of the molecule is CCNC(=O)C(=O)c1c[nH]c2nc(OCC)c(C(=O)N3C[C@H](C)N(Cc4ccc(F)cc4)C[C@H]3C)cc12. The number of nitrogens with one attached hydrogen (secondary N) is 2. The standard InChI is InChI=1S/C27H32FN5O4/c1-5-29-25(35)23(34)22-12-30-24-20(22)11-21(26(31-24)37-6-2)27(36)33-14-16(3)32(13-17(33)4)15-18-7-9-19(28)10-8-18/h7-12,16-17H,5-6,13-15H2,1-4H3,(H,29,35)(H,30,31)/t16-,17+/m0/s1. The third-order valence-electron chi connectivity index (χ3n) is 6.61. The van der Waals surface area contributed by atoms with Crippen molar-refractivity contribution in [2.45, 2.75) is 46.3 Å². The molecule has 1 aliphatic heterocycles. The van der Waals surface area contributed by atoms with Crippen LogP contribution in [0.2, 0.25) is 0 Å². The number of carbonyl (C=O) groups is 3. The van der Waals surface area contributed by atoms with Gasteiger partial charge < -0.3 is 19.9 Å². The Bertz CT molecular complexity index is 1310. The molecule has 0 bridgehead atoms. The van der Waals surface area contributed by atoms with Crippen LogP contribution in [0.15, 0.2) is 36.5 Å². The van der Waals surface area contributed by atoms with Gasteiger partial charge in [-0.05, 0) is 51.5 Å². The molecule has 1 aromatic carbocycles. The topological polar surface area (TPSA) is 108 Å². The average molecular weight is 510 g/mol. The van der Waals surface area contributed by atoms with E-state index >= 15 is 0 Å². The van der Waals surface area contributed by atoms with Gasteiger partial charge in [-0.1, -0.05) is 12.1 Å². The van der Waals surface area contributed by atoms with E-state index < -0.39 is 11.7 Å². The molecule has 2 N–H and O–H groups in total.